The second-order valence-electron chi connectivity index (χ2n) is 6.58. The van der Waals surface area contributed by atoms with Crippen LogP contribution in [0.2, 0.25) is 0 Å². The molecule has 4 heteroatoms. The van der Waals surface area contributed by atoms with Gasteiger partial charge in [0, 0.05) is 11.6 Å². The monoisotopic (exact) mass is 346 g/mol. The summed E-state index contributed by atoms with van der Waals surface area (Å²) in [5.41, 5.74) is 4.35. The lowest BCUT2D eigenvalue weighted by Crippen LogP contribution is -2.04. The van der Waals surface area contributed by atoms with Gasteiger partial charge in [-0.1, -0.05) is 29.4 Å². The molecule has 0 unspecified atom stereocenters. The van der Waals surface area contributed by atoms with Gasteiger partial charge in [0.25, 0.3) is 0 Å². The Hall–Kier alpha value is -2.10. The Balaban J connectivity index is 2.42. The van der Waals surface area contributed by atoms with Crippen molar-refractivity contribution in [3.63, 3.8) is 0 Å². The van der Waals surface area contributed by atoms with Crippen molar-refractivity contribution in [3.8, 4) is 0 Å². The van der Waals surface area contributed by atoms with Gasteiger partial charge in [0.15, 0.2) is 0 Å². The van der Waals surface area contributed by atoms with Crippen LogP contribution in [0.4, 0.5) is 0 Å². The molecule has 0 aromatic carbocycles. The number of allylic oxidation sites excluding steroid dienone is 5. The van der Waals surface area contributed by atoms with Crippen LogP contribution in [0, 0.1) is 0 Å². The highest BCUT2D eigenvalue weighted by Crippen LogP contribution is 2.16. The summed E-state index contributed by atoms with van der Waals surface area (Å²) in [6.45, 7) is 6.64. The topological polar surface area (TPSA) is 52.6 Å². The zero-order valence-corrected chi connectivity index (χ0v) is 15.9. The maximum Gasteiger partial charge on any atom is 0.333 e. The number of esters is 2. The largest absolute Gasteiger partial charge is 0.466 e. The molecule has 1 rings (SSSR count). The average Bonchev–Trinajstić information content (AvgIpc) is 2.97. The molecule has 0 bridgehead atoms. The highest BCUT2D eigenvalue weighted by atomic mass is 16.5. The van der Waals surface area contributed by atoms with Crippen molar-refractivity contribution >= 4 is 11.9 Å². The lowest BCUT2D eigenvalue weighted by Gasteiger charge is -2.05. The molecule has 0 aromatic heterocycles. The number of hydrogen-bond donors (Lipinski definition) is 0. The summed E-state index contributed by atoms with van der Waals surface area (Å²) in [6, 6.07) is 0. The van der Waals surface area contributed by atoms with Crippen molar-refractivity contribution in [2.45, 2.75) is 59.3 Å². The van der Waals surface area contributed by atoms with Crippen molar-refractivity contribution in [3.05, 3.63) is 46.6 Å². The van der Waals surface area contributed by atoms with E-state index in [2.05, 4.69) is 32.9 Å². The third kappa shape index (κ3) is 9.08. The Kier molecular flexibility index (Phi) is 9.60. The predicted molar refractivity (Wildman–Crippen MR) is 100 cm³/mol. The van der Waals surface area contributed by atoms with Crippen LogP contribution in [0.15, 0.2) is 46.6 Å². The minimum absolute atomic E-state index is 0.232. The van der Waals surface area contributed by atoms with Crippen LogP contribution in [0.5, 0.6) is 0 Å². The highest BCUT2D eigenvalue weighted by molar-refractivity contribution is 5.88. The molecule has 0 fully saturated rings. The quantitative estimate of drug-likeness (QED) is 0.323. The zero-order valence-electron chi connectivity index (χ0n) is 15.9. The molecule has 1 heterocycles. The van der Waals surface area contributed by atoms with Crippen LogP contribution in [-0.4, -0.2) is 25.7 Å². The number of methoxy groups -OCH3 is 1. The van der Waals surface area contributed by atoms with Crippen molar-refractivity contribution in [1.29, 1.82) is 0 Å². The summed E-state index contributed by atoms with van der Waals surface area (Å²) < 4.78 is 9.76. The van der Waals surface area contributed by atoms with E-state index in [1.807, 2.05) is 6.08 Å². The Morgan fingerprint density at radius 3 is 2.44 bits per heavy atom. The van der Waals surface area contributed by atoms with Crippen molar-refractivity contribution < 1.29 is 19.1 Å². The molecule has 138 valence electrons. The van der Waals surface area contributed by atoms with E-state index in [-0.39, 0.29) is 11.9 Å². The number of hydrogen-bond acceptors (Lipinski definition) is 4. The first kappa shape index (κ1) is 20.9. The molecule has 0 radical (unpaired) electrons. The smallest absolute Gasteiger partial charge is 0.333 e. The van der Waals surface area contributed by atoms with E-state index in [9.17, 15) is 9.59 Å². The van der Waals surface area contributed by atoms with Crippen LogP contribution < -0.4 is 0 Å². The van der Waals surface area contributed by atoms with Gasteiger partial charge in [0.05, 0.1) is 7.11 Å². The number of cyclic esters (lactones) is 1. The lowest BCUT2D eigenvalue weighted by atomic mass is 10.0. The van der Waals surface area contributed by atoms with Gasteiger partial charge in [0.2, 0.25) is 0 Å². The van der Waals surface area contributed by atoms with Crippen LogP contribution in [0.3, 0.4) is 0 Å². The summed E-state index contributed by atoms with van der Waals surface area (Å²) in [6.07, 6.45) is 13.0. The van der Waals surface area contributed by atoms with Crippen LogP contribution in [0.1, 0.15) is 59.3 Å². The molecule has 4 nitrogen and oxygen atoms in total. The Morgan fingerprint density at radius 1 is 1.12 bits per heavy atom. The highest BCUT2D eigenvalue weighted by Gasteiger charge is 2.11. The van der Waals surface area contributed by atoms with E-state index in [4.69, 9.17) is 9.47 Å². The van der Waals surface area contributed by atoms with E-state index < -0.39 is 0 Å². The van der Waals surface area contributed by atoms with E-state index >= 15 is 0 Å². The van der Waals surface area contributed by atoms with E-state index in [1.165, 1.54) is 18.3 Å². The van der Waals surface area contributed by atoms with Crippen LogP contribution >= 0.6 is 0 Å². The molecule has 0 saturated heterocycles. The fourth-order valence-corrected chi connectivity index (χ4v) is 2.57. The summed E-state index contributed by atoms with van der Waals surface area (Å²) in [4.78, 5) is 22.8. The molecule has 0 aliphatic carbocycles. The van der Waals surface area contributed by atoms with E-state index in [0.717, 1.165) is 43.3 Å². The zero-order chi connectivity index (χ0) is 18.7. The fraction of sp³-hybridized carbons (Fsp3) is 0.524. The molecule has 0 spiro atoms. The number of rotatable bonds is 10. The molecule has 0 saturated carbocycles. The summed E-state index contributed by atoms with van der Waals surface area (Å²) in [5, 5.41) is 0. The minimum Gasteiger partial charge on any atom is -0.466 e. The SMILES string of the molecule is COC(=O)C(=CCCC(C)=CCCC1=CC(=O)OC1)CCC=C(C)C. The standard InChI is InChI=1S/C21H30O4/c1-16(2)8-5-12-19(21(23)24-4)13-7-10-17(3)9-6-11-18-14-20(22)25-15-18/h8-9,13-14H,5-7,10-12,15H2,1-4H3. The van der Waals surface area contributed by atoms with Crippen LogP contribution in [-0.2, 0) is 19.1 Å². The molecule has 25 heavy (non-hydrogen) atoms. The second kappa shape index (κ2) is 11.5. The maximum atomic E-state index is 11.8. The third-order valence-electron chi connectivity index (χ3n) is 4.02. The fourth-order valence-electron chi connectivity index (χ4n) is 2.57. The first-order chi connectivity index (χ1) is 11.9. The van der Waals surface area contributed by atoms with Crippen molar-refractivity contribution in [2.75, 3.05) is 13.7 Å². The van der Waals surface area contributed by atoms with Gasteiger partial charge in [-0.05, 0) is 64.9 Å². The molecule has 0 amide bonds. The number of ether oxygens (including phenoxy) is 2. The van der Waals surface area contributed by atoms with Gasteiger partial charge < -0.3 is 9.47 Å². The van der Waals surface area contributed by atoms with E-state index in [0.29, 0.717) is 13.0 Å². The normalized spacial score (nSPS) is 14.9. The average molecular weight is 346 g/mol. The molecule has 1 aliphatic heterocycles. The maximum absolute atomic E-state index is 11.8. The Labute approximate surface area is 151 Å². The molecule has 0 N–H and O–H groups in total. The summed E-state index contributed by atoms with van der Waals surface area (Å²) in [5.74, 6) is -0.467. The van der Waals surface area contributed by atoms with Gasteiger partial charge in [-0.2, -0.15) is 0 Å². The Morgan fingerprint density at radius 2 is 1.84 bits per heavy atom. The molecule has 1 aliphatic rings. The number of carbonyl (C=O) groups excluding carboxylic acids is 2. The molecule has 0 aromatic rings. The van der Waals surface area contributed by atoms with Gasteiger partial charge in [-0.25, -0.2) is 9.59 Å². The molecular weight excluding hydrogens is 316 g/mol. The van der Waals surface area contributed by atoms with Crippen LogP contribution in [0.25, 0.3) is 0 Å². The van der Waals surface area contributed by atoms with Gasteiger partial charge >= 0.3 is 11.9 Å². The summed E-state index contributed by atoms with van der Waals surface area (Å²) >= 11 is 0. The predicted octanol–water partition coefficient (Wildman–Crippen LogP) is 4.82. The van der Waals surface area contributed by atoms with Gasteiger partial charge in [0.1, 0.15) is 6.61 Å². The van der Waals surface area contributed by atoms with Gasteiger partial charge in [-0.3, -0.25) is 0 Å². The number of carbonyl (C=O) groups is 2. The first-order valence-electron chi connectivity index (χ1n) is 8.85. The van der Waals surface area contributed by atoms with Crippen molar-refractivity contribution in [2.24, 2.45) is 0 Å². The third-order valence-corrected chi connectivity index (χ3v) is 4.02. The first-order valence-corrected chi connectivity index (χ1v) is 8.85. The van der Waals surface area contributed by atoms with Crippen molar-refractivity contribution in [1.82, 2.24) is 0 Å². The van der Waals surface area contributed by atoms with E-state index in [1.54, 1.807) is 6.08 Å². The van der Waals surface area contributed by atoms with Gasteiger partial charge in [-0.15, -0.1) is 0 Å². The Bertz CT molecular complexity index is 587. The minimum atomic E-state index is -0.235. The lowest BCUT2D eigenvalue weighted by molar-refractivity contribution is -0.136. The molecular formula is C21H30O4. The summed E-state index contributed by atoms with van der Waals surface area (Å²) in [7, 11) is 1.42. The molecule has 0 atom stereocenters. The second-order valence-corrected chi connectivity index (χ2v) is 6.58.